The number of rotatable bonds is 7. The quantitative estimate of drug-likeness (QED) is 0.794. The smallest absolute Gasteiger partial charge is 0.123 e. The van der Waals surface area contributed by atoms with Crippen molar-refractivity contribution in [2.24, 2.45) is 0 Å². The van der Waals surface area contributed by atoms with Crippen LogP contribution in [0.3, 0.4) is 0 Å². The Kier molecular flexibility index (Phi) is 5.64. The van der Waals surface area contributed by atoms with Gasteiger partial charge in [-0.3, -0.25) is 0 Å². The van der Waals surface area contributed by atoms with Crippen molar-refractivity contribution in [3.8, 4) is 10.6 Å². The van der Waals surface area contributed by atoms with Crippen LogP contribution in [0.5, 0.6) is 0 Å². The van der Waals surface area contributed by atoms with Crippen LogP contribution in [-0.2, 0) is 11.3 Å². The molecule has 1 aromatic carbocycles. The fourth-order valence-electron chi connectivity index (χ4n) is 1.70. The van der Waals surface area contributed by atoms with E-state index in [2.05, 4.69) is 10.3 Å². The standard InChI is InChI=1S/C15H19FN2OS/c1-11(2)19-8-7-17-9-14-10-20-15(18-14)12-3-5-13(16)6-4-12/h3-6,10-11,17H,7-9H2,1-2H3. The van der Waals surface area contributed by atoms with Gasteiger partial charge in [-0.2, -0.15) is 0 Å². The van der Waals surface area contributed by atoms with Crippen molar-refractivity contribution >= 4 is 11.3 Å². The maximum Gasteiger partial charge on any atom is 0.123 e. The van der Waals surface area contributed by atoms with Crippen molar-refractivity contribution in [2.45, 2.75) is 26.5 Å². The molecule has 0 aliphatic carbocycles. The number of hydrogen-bond donors (Lipinski definition) is 1. The highest BCUT2D eigenvalue weighted by atomic mass is 32.1. The molecule has 2 rings (SSSR count). The number of nitrogens with one attached hydrogen (secondary N) is 1. The van der Waals surface area contributed by atoms with Gasteiger partial charge in [-0.1, -0.05) is 0 Å². The third-order valence-corrected chi connectivity index (χ3v) is 3.62. The van der Waals surface area contributed by atoms with E-state index in [0.717, 1.165) is 29.4 Å². The number of halogens is 1. The first-order valence-electron chi connectivity index (χ1n) is 6.68. The minimum atomic E-state index is -0.225. The highest BCUT2D eigenvalue weighted by Gasteiger charge is 2.04. The molecule has 0 saturated heterocycles. The SMILES string of the molecule is CC(C)OCCNCc1csc(-c2ccc(F)cc2)n1. The first-order valence-corrected chi connectivity index (χ1v) is 7.56. The van der Waals surface area contributed by atoms with Crippen molar-refractivity contribution in [1.29, 1.82) is 0 Å². The number of nitrogens with zero attached hydrogens (tertiary/aromatic N) is 1. The molecule has 0 atom stereocenters. The van der Waals surface area contributed by atoms with E-state index in [1.165, 1.54) is 12.1 Å². The van der Waals surface area contributed by atoms with E-state index in [1.54, 1.807) is 23.5 Å². The third kappa shape index (κ3) is 4.67. The van der Waals surface area contributed by atoms with Crippen molar-refractivity contribution in [3.63, 3.8) is 0 Å². The summed E-state index contributed by atoms with van der Waals surface area (Å²) in [5, 5.41) is 6.23. The molecular formula is C15H19FN2OS. The van der Waals surface area contributed by atoms with Gasteiger partial charge in [-0.15, -0.1) is 11.3 Å². The van der Waals surface area contributed by atoms with Crippen LogP contribution in [0.15, 0.2) is 29.6 Å². The normalized spacial score (nSPS) is 11.2. The van der Waals surface area contributed by atoms with Gasteiger partial charge in [0, 0.05) is 24.0 Å². The Balaban J connectivity index is 1.82. The molecule has 0 unspecified atom stereocenters. The second-order valence-corrected chi connectivity index (χ2v) is 5.61. The average molecular weight is 294 g/mol. The number of aromatic nitrogens is 1. The van der Waals surface area contributed by atoms with E-state index < -0.39 is 0 Å². The van der Waals surface area contributed by atoms with Crippen LogP contribution in [-0.4, -0.2) is 24.2 Å². The van der Waals surface area contributed by atoms with Crippen LogP contribution in [0.2, 0.25) is 0 Å². The maximum absolute atomic E-state index is 12.9. The van der Waals surface area contributed by atoms with E-state index in [9.17, 15) is 4.39 Å². The summed E-state index contributed by atoms with van der Waals surface area (Å²) in [4.78, 5) is 4.54. The molecule has 2 aromatic rings. The Bertz CT molecular complexity index is 525. The number of hydrogen-bond acceptors (Lipinski definition) is 4. The second kappa shape index (κ2) is 7.47. The lowest BCUT2D eigenvalue weighted by Crippen LogP contribution is -2.21. The highest BCUT2D eigenvalue weighted by Crippen LogP contribution is 2.23. The second-order valence-electron chi connectivity index (χ2n) is 4.75. The van der Waals surface area contributed by atoms with Crippen LogP contribution in [0.25, 0.3) is 10.6 Å². The molecule has 1 N–H and O–H groups in total. The molecular weight excluding hydrogens is 275 g/mol. The topological polar surface area (TPSA) is 34.1 Å². The van der Waals surface area contributed by atoms with E-state index in [0.29, 0.717) is 6.61 Å². The number of thiazole rings is 1. The molecule has 0 aliphatic heterocycles. The Morgan fingerprint density at radius 1 is 1.30 bits per heavy atom. The zero-order valence-electron chi connectivity index (χ0n) is 11.7. The van der Waals surface area contributed by atoms with Crippen LogP contribution in [0.1, 0.15) is 19.5 Å². The predicted molar refractivity (Wildman–Crippen MR) is 80.3 cm³/mol. The Morgan fingerprint density at radius 2 is 2.05 bits per heavy atom. The molecule has 3 nitrogen and oxygen atoms in total. The molecule has 0 bridgehead atoms. The predicted octanol–water partition coefficient (Wildman–Crippen LogP) is 3.46. The zero-order valence-corrected chi connectivity index (χ0v) is 12.5. The van der Waals surface area contributed by atoms with Gasteiger partial charge in [0.05, 0.1) is 18.4 Å². The molecule has 0 fully saturated rings. The zero-order chi connectivity index (χ0) is 14.4. The Labute approximate surface area is 122 Å². The third-order valence-electron chi connectivity index (χ3n) is 2.68. The maximum atomic E-state index is 12.9. The highest BCUT2D eigenvalue weighted by molar-refractivity contribution is 7.13. The first kappa shape index (κ1) is 15.1. The molecule has 1 aromatic heterocycles. The minimum Gasteiger partial charge on any atom is -0.377 e. The van der Waals surface area contributed by atoms with Gasteiger partial charge >= 0.3 is 0 Å². The first-order chi connectivity index (χ1) is 9.65. The lowest BCUT2D eigenvalue weighted by molar-refractivity contribution is 0.0807. The van der Waals surface area contributed by atoms with Gasteiger partial charge in [0.1, 0.15) is 10.8 Å². The van der Waals surface area contributed by atoms with Gasteiger partial charge in [-0.05, 0) is 38.1 Å². The summed E-state index contributed by atoms with van der Waals surface area (Å²) in [7, 11) is 0. The summed E-state index contributed by atoms with van der Waals surface area (Å²) < 4.78 is 18.3. The van der Waals surface area contributed by atoms with Crippen molar-refractivity contribution in [1.82, 2.24) is 10.3 Å². The Hall–Kier alpha value is -1.30. The minimum absolute atomic E-state index is 0.225. The fourth-order valence-corrected chi connectivity index (χ4v) is 2.52. The van der Waals surface area contributed by atoms with Crippen molar-refractivity contribution in [3.05, 3.63) is 41.2 Å². The van der Waals surface area contributed by atoms with Gasteiger partial charge in [0.15, 0.2) is 0 Å². The monoisotopic (exact) mass is 294 g/mol. The molecule has 0 spiro atoms. The molecule has 0 aliphatic rings. The summed E-state index contributed by atoms with van der Waals surface area (Å²) in [6, 6.07) is 6.42. The summed E-state index contributed by atoms with van der Waals surface area (Å²) in [5.41, 5.74) is 1.95. The number of ether oxygens (including phenoxy) is 1. The van der Waals surface area contributed by atoms with Crippen molar-refractivity contribution in [2.75, 3.05) is 13.2 Å². The summed E-state index contributed by atoms with van der Waals surface area (Å²) in [5.74, 6) is -0.225. The van der Waals surface area contributed by atoms with E-state index in [4.69, 9.17) is 4.74 Å². The van der Waals surface area contributed by atoms with Crippen molar-refractivity contribution < 1.29 is 9.13 Å². The molecule has 5 heteroatoms. The lowest BCUT2D eigenvalue weighted by atomic mass is 10.2. The summed E-state index contributed by atoms with van der Waals surface area (Å²) in [6.45, 7) is 6.28. The molecule has 0 amide bonds. The van der Waals surface area contributed by atoms with Crippen LogP contribution < -0.4 is 5.32 Å². The summed E-state index contributed by atoms with van der Waals surface area (Å²) >= 11 is 1.57. The van der Waals surface area contributed by atoms with Gasteiger partial charge in [0.25, 0.3) is 0 Å². The molecule has 20 heavy (non-hydrogen) atoms. The molecule has 0 saturated carbocycles. The van der Waals surface area contributed by atoms with E-state index in [1.807, 2.05) is 19.2 Å². The van der Waals surface area contributed by atoms with Crippen LogP contribution >= 0.6 is 11.3 Å². The van der Waals surface area contributed by atoms with E-state index in [-0.39, 0.29) is 11.9 Å². The van der Waals surface area contributed by atoms with Gasteiger partial charge < -0.3 is 10.1 Å². The molecule has 1 heterocycles. The Morgan fingerprint density at radius 3 is 2.75 bits per heavy atom. The van der Waals surface area contributed by atoms with Gasteiger partial charge in [-0.25, -0.2) is 9.37 Å². The lowest BCUT2D eigenvalue weighted by Gasteiger charge is -2.07. The van der Waals surface area contributed by atoms with Crippen LogP contribution in [0.4, 0.5) is 4.39 Å². The van der Waals surface area contributed by atoms with E-state index >= 15 is 0 Å². The average Bonchev–Trinajstić information content (AvgIpc) is 2.87. The fraction of sp³-hybridized carbons (Fsp3) is 0.400. The number of benzene rings is 1. The molecule has 0 radical (unpaired) electrons. The van der Waals surface area contributed by atoms with Crippen LogP contribution in [0, 0.1) is 5.82 Å². The van der Waals surface area contributed by atoms with Gasteiger partial charge in [0.2, 0.25) is 0 Å². The largest absolute Gasteiger partial charge is 0.377 e. The summed E-state index contributed by atoms with van der Waals surface area (Å²) in [6.07, 6.45) is 0.265. The molecule has 108 valence electrons.